The summed E-state index contributed by atoms with van der Waals surface area (Å²) in [6, 6.07) is 19.0. The number of hydrogen-bond donors (Lipinski definition) is 1. The van der Waals surface area contributed by atoms with E-state index in [4.69, 9.17) is 23.2 Å². The van der Waals surface area contributed by atoms with Crippen molar-refractivity contribution in [1.82, 2.24) is 9.97 Å². The molecular weight excluding hydrogens is 465 g/mol. The third-order valence-electron chi connectivity index (χ3n) is 5.04. The minimum absolute atomic E-state index is 0.0540. The van der Waals surface area contributed by atoms with Crippen LogP contribution in [0.4, 0.5) is 5.82 Å². The van der Waals surface area contributed by atoms with Crippen LogP contribution in [0.2, 0.25) is 10.0 Å². The number of anilines is 1. The van der Waals surface area contributed by atoms with E-state index in [1.165, 1.54) is 6.26 Å². The van der Waals surface area contributed by atoms with Gasteiger partial charge in [-0.1, -0.05) is 59.6 Å². The Balaban J connectivity index is 1.50. The Hall–Kier alpha value is -2.67. The molecule has 1 heterocycles. The summed E-state index contributed by atoms with van der Waals surface area (Å²) in [6.07, 6.45) is 3.55. The van der Waals surface area contributed by atoms with Gasteiger partial charge in [-0.15, -0.1) is 0 Å². The van der Waals surface area contributed by atoms with Crippen LogP contribution < -0.4 is 5.32 Å². The first-order valence-corrected chi connectivity index (χ1v) is 12.8. The van der Waals surface area contributed by atoms with Crippen LogP contribution in [0.15, 0.2) is 67.0 Å². The number of halogens is 2. The third-order valence-corrected chi connectivity index (χ3v) is 6.44. The van der Waals surface area contributed by atoms with Gasteiger partial charge in [0.25, 0.3) is 0 Å². The van der Waals surface area contributed by atoms with Crippen LogP contribution in [0.3, 0.4) is 0 Å². The van der Waals surface area contributed by atoms with Gasteiger partial charge in [-0.2, -0.15) is 0 Å². The monoisotopic (exact) mass is 485 g/mol. The highest BCUT2D eigenvalue weighted by molar-refractivity contribution is 7.89. The van der Waals surface area contributed by atoms with Crippen LogP contribution in [-0.2, 0) is 22.0 Å². The lowest BCUT2D eigenvalue weighted by molar-refractivity contribution is 0.601. The van der Waals surface area contributed by atoms with E-state index in [1.54, 1.807) is 12.4 Å². The average molecular weight is 486 g/mol. The zero-order valence-electron chi connectivity index (χ0n) is 17.3. The quantitative estimate of drug-likeness (QED) is 0.357. The maximum Gasteiger partial charge on any atom is 0.151 e. The molecule has 3 aromatic carbocycles. The molecule has 1 aromatic heterocycles. The second kappa shape index (κ2) is 9.45. The SMILES string of the molecule is CS(=O)(=O)Cc1ccc(CCNc2ncnc3ccc(-c4ccc(Cl)cc4Cl)cc23)cc1. The van der Waals surface area contributed by atoms with Gasteiger partial charge in [-0.3, -0.25) is 0 Å². The first kappa shape index (κ1) is 22.5. The zero-order valence-corrected chi connectivity index (χ0v) is 19.7. The number of rotatable bonds is 7. The van der Waals surface area contributed by atoms with Crippen molar-refractivity contribution in [1.29, 1.82) is 0 Å². The van der Waals surface area contributed by atoms with E-state index in [1.807, 2.05) is 54.6 Å². The summed E-state index contributed by atoms with van der Waals surface area (Å²) in [5.41, 5.74) is 4.59. The van der Waals surface area contributed by atoms with Crippen molar-refractivity contribution in [2.24, 2.45) is 0 Å². The summed E-state index contributed by atoms with van der Waals surface area (Å²) in [6.45, 7) is 0.670. The predicted molar refractivity (Wildman–Crippen MR) is 132 cm³/mol. The normalized spacial score (nSPS) is 11.6. The number of hydrogen-bond acceptors (Lipinski definition) is 5. The number of nitrogens with zero attached hydrogens (tertiary/aromatic N) is 2. The fourth-order valence-corrected chi connectivity index (χ4v) is 4.83. The van der Waals surface area contributed by atoms with Crippen molar-refractivity contribution < 1.29 is 8.42 Å². The molecule has 5 nitrogen and oxygen atoms in total. The lowest BCUT2D eigenvalue weighted by atomic mass is 10.0. The molecule has 0 bridgehead atoms. The van der Waals surface area contributed by atoms with Crippen molar-refractivity contribution in [2.45, 2.75) is 12.2 Å². The highest BCUT2D eigenvalue weighted by Gasteiger charge is 2.09. The molecule has 0 unspecified atom stereocenters. The number of nitrogens with one attached hydrogen (secondary N) is 1. The van der Waals surface area contributed by atoms with Crippen LogP contribution in [0, 0.1) is 0 Å². The molecule has 0 fully saturated rings. The maximum absolute atomic E-state index is 11.4. The number of benzene rings is 3. The van der Waals surface area contributed by atoms with Gasteiger partial charge >= 0.3 is 0 Å². The molecule has 0 saturated heterocycles. The van der Waals surface area contributed by atoms with Gasteiger partial charge in [0, 0.05) is 33.8 Å². The smallest absolute Gasteiger partial charge is 0.151 e. The Kier molecular flexibility index (Phi) is 6.65. The molecule has 1 N–H and O–H groups in total. The Morgan fingerprint density at radius 2 is 1.66 bits per heavy atom. The summed E-state index contributed by atoms with van der Waals surface area (Å²) in [4.78, 5) is 8.78. The van der Waals surface area contributed by atoms with Gasteiger partial charge in [0.1, 0.15) is 12.1 Å². The van der Waals surface area contributed by atoms with Crippen LogP contribution >= 0.6 is 23.2 Å². The van der Waals surface area contributed by atoms with Crippen molar-refractivity contribution in [2.75, 3.05) is 18.1 Å². The molecule has 0 atom stereocenters. The number of sulfone groups is 1. The fourth-order valence-electron chi connectivity index (χ4n) is 3.52. The molecule has 32 heavy (non-hydrogen) atoms. The second-order valence-electron chi connectivity index (χ2n) is 7.64. The Morgan fingerprint density at radius 3 is 2.38 bits per heavy atom. The topological polar surface area (TPSA) is 72.0 Å². The van der Waals surface area contributed by atoms with E-state index in [-0.39, 0.29) is 5.75 Å². The number of aromatic nitrogens is 2. The molecule has 164 valence electrons. The maximum atomic E-state index is 11.4. The summed E-state index contributed by atoms with van der Waals surface area (Å²) < 4.78 is 22.9. The van der Waals surface area contributed by atoms with Gasteiger partial charge < -0.3 is 5.32 Å². The molecule has 0 aliphatic heterocycles. The van der Waals surface area contributed by atoms with Gasteiger partial charge in [-0.25, -0.2) is 18.4 Å². The van der Waals surface area contributed by atoms with Crippen LogP contribution in [0.1, 0.15) is 11.1 Å². The summed E-state index contributed by atoms with van der Waals surface area (Å²) in [5.74, 6) is 0.800. The molecule has 0 saturated carbocycles. The van der Waals surface area contributed by atoms with E-state index in [2.05, 4.69) is 15.3 Å². The second-order valence-corrected chi connectivity index (χ2v) is 10.6. The highest BCUT2D eigenvalue weighted by Crippen LogP contribution is 2.33. The third kappa shape index (κ3) is 5.57. The summed E-state index contributed by atoms with van der Waals surface area (Å²) >= 11 is 12.4. The Labute approximate surface area is 197 Å². The van der Waals surface area contributed by atoms with E-state index in [9.17, 15) is 8.42 Å². The standard InChI is InChI=1S/C24H21Cl2N3O2S/c1-32(30,31)14-17-4-2-16(3-5-17)10-11-27-24-21-12-18(6-9-23(21)28-15-29-24)20-8-7-19(25)13-22(20)26/h2-9,12-13,15H,10-11,14H2,1H3,(H,27,28,29). The molecule has 8 heteroatoms. The van der Waals surface area contributed by atoms with E-state index < -0.39 is 9.84 Å². The molecule has 0 amide bonds. The van der Waals surface area contributed by atoms with Crippen LogP contribution in [0.25, 0.3) is 22.0 Å². The average Bonchev–Trinajstić information content (AvgIpc) is 2.74. The molecule has 0 aliphatic rings. The summed E-state index contributed by atoms with van der Waals surface area (Å²) in [5, 5.41) is 5.47. The molecule has 4 rings (SSSR count). The minimum atomic E-state index is -3.03. The van der Waals surface area contributed by atoms with Gasteiger partial charge in [0.2, 0.25) is 0 Å². The Morgan fingerprint density at radius 1 is 0.906 bits per heavy atom. The van der Waals surface area contributed by atoms with Gasteiger partial charge in [0.15, 0.2) is 9.84 Å². The van der Waals surface area contributed by atoms with Crippen molar-refractivity contribution in [3.8, 4) is 11.1 Å². The van der Waals surface area contributed by atoms with Crippen molar-refractivity contribution >= 4 is 49.8 Å². The van der Waals surface area contributed by atoms with Gasteiger partial charge in [-0.05, 0) is 47.4 Å². The lowest BCUT2D eigenvalue weighted by Crippen LogP contribution is -2.07. The van der Waals surface area contributed by atoms with Crippen molar-refractivity contribution in [3.05, 3.63) is 88.2 Å². The minimum Gasteiger partial charge on any atom is -0.369 e. The molecule has 0 spiro atoms. The first-order valence-electron chi connectivity index (χ1n) is 9.98. The summed E-state index contributed by atoms with van der Waals surface area (Å²) in [7, 11) is -3.03. The molecular formula is C24H21Cl2N3O2S. The Bertz CT molecular complexity index is 1370. The molecule has 0 aliphatic carbocycles. The molecule has 4 aromatic rings. The van der Waals surface area contributed by atoms with E-state index in [0.29, 0.717) is 16.6 Å². The molecule has 0 radical (unpaired) electrons. The number of fused-ring (bicyclic) bond motifs is 1. The lowest BCUT2D eigenvalue weighted by Gasteiger charge is -2.11. The predicted octanol–water partition coefficient (Wildman–Crippen LogP) is 5.80. The zero-order chi connectivity index (χ0) is 22.7. The van der Waals surface area contributed by atoms with Crippen LogP contribution in [0.5, 0.6) is 0 Å². The fraction of sp³-hybridized carbons (Fsp3) is 0.167. The van der Waals surface area contributed by atoms with E-state index in [0.717, 1.165) is 45.4 Å². The van der Waals surface area contributed by atoms with Crippen molar-refractivity contribution in [3.63, 3.8) is 0 Å². The van der Waals surface area contributed by atoms with Crippen LogP contribution in [-0.4, -0.2) is 31.2 Å². The highest BCUT2D eigenvalue weighted by atomic mass is 35.5. The largest absolute Gasteiger partial charge is 0.369 e. The van der Waals surface area contributed by atoms with E-state index >= 15 is 0 Å². The van der Waals surface area contributed by atoms with Gasteiger partial charge in [0.05, 0.1) is 11.3 Å². The first-order chi connectivity index (χ1) is 15.3.